The van der Waals surface area contributed by atoms with Crippen LogP contribution in [0, 0.1) is 0 Å². The van der Waals surface area contributed by atoms with Crippen molar-refractivity contribution in [2.24, 2.45) is 0 Å². The molecule has 0 aromatic carbocycles. The third-order valence-electron chi connectivity index (χ3n) is 2.92. The molecule has 5 nitrogen and oxygen atoms in total. The van der Waals surface area contributed by atoms with Gasteiger partial charge >= 0.3 is 0 Å². The van der Waals surface area contributed by atoms with E-state index >= 15 is 0 Å². The number of carbonyl (C=O) groups is 1. The van der Waals surface area contributed by atoms with E-state index in [1.54, 1.807) is 16.9 Å². The van der Waals surface area contributed by atoms with Crippen LogP contribution in [0.15, 0.2) is 12.3 Å². The quantitative estimate of drug-likeness (QED) is 0.807. The summed E-state index contributed by atoms with van der Waals surface area (Å²) in [7, 11) is 0. The van der Waals surface area contributed by atoms with E-state index in [0.29, 0.717) is 12.4 Å². The van der Waals surface area contributed by atoms with E-state index in [0.717, 1.165) is 25.9 Å². The molecule has 0 unspecified atom stereocenters. The van der Waals surface area contributed by atoms with Crippen LogP contribution < -0.4 is 5.73 Å². The largest absolute Gasteiger partial charge is 0.382 e. The third-order valence-corrected chi connectivity index (χ3v) is 2.92. The van der Waals surface area contributed by atoms with Crippen molar-refractivity contribution < 1.29 is 4.79 Å². The molecule has 1 aromatic heterocycles. The lowest BCUT2D eigenvalue weighted by Gasteiger charge is -2.20. The minimum atomic E-state index is 0.144. The van der Waals surface area contributed by atoms with Crippen molar-refractivity contribution in [3.63, 3.8) is 0 Å². The first-order valence-electron chi connectivity index (χ1n) is 5.82. The molecule has 1 saturated heterocycles. The number of hydrogen-bond acceptors (Lipinski definition) is 3. The first kappa shape index (κ1) is 11.0. The van der Waals surface area contributed by atoms with Crippen molar-refractivity contribution in [1.29, 1.82) is 0 Å². The molecule has 0 bridgehead atoms. The minimum Gasteiger partial charge on any atom is -0.382 e. The maximum Gasteiger partial charge on any atom is 0.244 e. The molecule has 5 heteroatoms. The van der Waals surface area contributed by atoms with Crippen LogP contribution in [0.5, 0.6) is 0 Å². The molecule has 1 aliphatic rings. The zero-order valence-corrected chi connectivity index (χ0v) is 9.43. The van der Waals surface area contributed by atoms with Crippen molar-refractivity contribution >= 4 is 11.7 Å². The monoisotopic (exact) mass is 222 g/mol. The Balaban J connectivity index is 1.91. The lowest BCUT2D eigenvalue weighted by atomic mass is 10.2. The molecule has 0 atom stereocenters. The number of anilines is 1. The van der Waals surface area contributed by atoms with Gasteiger partial charge in [-0.25, -0.2) is 0 Å². The van der Waals surface area contributed by atoms with Crippen LogP contribution in [0.2, 0.25) is 0 Å². The molecule has 0 saturated carbocycles. The van der Waals surface area contributed by atoms with Crippen molar-refractivity contribution in [3.05, 3.63) is 12.3 Å². The average molecular weight is 222 g/mol. The van der Waals surface area contributed by atoms with Crippen LogP contribution in [0.1, 0.15) is 25.7 Å². The zero-order valence-electron chi connectivity index (χ0n) is 9.43. The molecule has 16 heavy (non-hydrogen) atoms. The van der Waals surface area contributed by atoms with Gasteiger partial charge in [-0.2, -0.15) is 5.10 Å². The minimum absolute atomic E-state index is 0.144. The molecule has 2 heterocycles. The normalized spacial score (nSPS) is 17.1. The van der Waals surface area contributed by atoms with Gasteiger partial charge in [0.05, 0.1) is 0 Å². The number of carbonyl (C=O) groups excluding carboxylic acids is 1. The molecule has 2 rings (SSSR count). The highest BCUT2D eigenvalue weighted by molar-refractivity contribution is 5.75. The summed E-state index contributed by atoms with van der Waals surface area (Å²) in [6, 6.07) is 1.70. The molecule has 88 valence electrons. The Morgan fingerprint density at radius 3 is 2.56 bits per heavy atom. The molecule has 1 fully saturated rings. The second kappa shape index (κ2) is 5.01. The number of amides is 1. The number of nitrogens with zero attached hydrogens (tertiary/aromatic N) is 3. The highest BCUT2D eigenvalue weighted by Gasteiger charge is 2.15. The number of aromatic nitrogens is 2. The van der Waals surface area contributed by atoms with Crippen LogP contribution in [0.4, 0.5) is 5.82 Å². The van der Waals surface area contributed by atoms with E-state index in [9.17, 15) is 4.79 Å². The van der Waals surface area contributed by atoms with E-state index in [-0.39, 0.29) is 5.91 Å². The maximum atomic E-state index is 12.0. The maximum absolute atomic E-state index is 12.0. The second-order valence-corrected chi connectivity index (χ2v) is 4.23. The predicted molar refractivity (Wildman–Crippen MR) is 61.7 cm³/mol. The van der Waals surface area contributed by atoms with Gasteiger partial charge in [0.2, 0.25) is 5.91 Å². The van der Waals surface area contributed by atoms with E-state index in [1.165, 1.54) is 12.8 Å². The lowest BCUT2D eigenvalue weighted by Crippen LogP contribution is -2.34. The summed E-state index contributed by atoms with van der Waals surface area (Å²) in [6.07, 6.45) is 6.45. The first-order valence-corrected chi connectivity index (χ1v) is 5.82. The third kappa shape index (κ3) is 2.74. The summed E-state index contributed by atoms with van der Waals surface area (Å²) < 4.78 is 1.60. The van der Waals surface area contributed by atoms with Gasteiger partial charge < -0.3 is 10.6 Å². The molecule has 0 radical (unpaired) electrons. The summed E-state index contributed by atoms with van der Waals surface area (Å²) in [5.74, 6) is 0.605. The average Bonchev–Trinajstić information content (AvgIpc) is 2.56. The lowest BCUT2D eigenvalue weighted by molar-refractivity contribution is -0.132. The highest BCUT2D eigenvalue weighted by Crippen LogP contribution is 2.10. The molecule has 1 amide bonds. The molecule has 0 spiro atoms. The van der Waals surface area contributed by atoms with Gasteiger partial charge in [-0.3, -0.25) is 9.48 Å². The SMILES string of the molecule is Nc1ccn(CC(=O)N2CCCCCC2)n1. The van der Waals surface area contributed by atoms with E-state index in [4.69, 9.17) is 5.73 Å². The van der Waals surface area contributed by atoms with Gasteiger partial charge in [0.1, 0.15) is 12.4 Å². The molecule has 0 aliphatic carbocycles. The van der Waals surface area contributed by atoms with Gasteiger partial charge in [0.15, 0.2) is 0 Å². The summed E-state index contributed by atoms with van der Waals surface area (Å²) in [5.41, 5.74) is 5.50. The Hall–Kier alpha value is -1.52. The molecular formula is C11H18N4O. The highest BCUT2D eigenvalue weighted by atomic mass is 16.2. The molecule has 1 aliphatic heterocycles. The standard InChI is InChI=1S/C11H18N4O/c12-10-5-8-15(13-10)9-11(16)14-6-3-1-2-4-7-14/h5,8H,1-4,6-7,9H2,(H2,12,13). The zero-order chi connectivity index (χ0) is 11.4. The van der Waals surface area contributed by atoms with Crippen LogP contribution in [0.3, 0.4) is 0 Å². The van der Waals surface area contributed by atoms with Crippen LogP contribution in [0.25, 0.3) is 0 Å². The fraction of sp³-hybridized carbons (Fsp3) is 0.636. The molecular weight excluding hydrogens is 204 g/mol. The number of likely N-dealkylation sites (tertiary alicyclic amines) is 1. The smallest absolute Gasteiger partial charge is 0.244 e. The number of nitrogens with two attached hydrogens (primary N) is 1. The molecule has 2 N–H and O–H groups in total. The Labute approximate surface area is 95.2 Å². The van der Waals surface area contributed by atoms with Crippen molar-refractivity contribution in [2.45, 2.75) is 32.2 Å². The van der Waals surface area contributed by atoms with Gasteiger partial charge in [-0.05, 0) is 18.9 Å². The topological polar surface area (TPSA) is 64.2 Å². The predicted octanol–water partition coefficient (Wildman–Crippen LogP) is 0.868. The van der Waals surface area contributed by atoms with Crippen molar-refractivity contribution in [2.75, 3.05) is 18.8 Å². The van der Waals surface area contributed by atoms with Crippen LogP contribution >= 0.6 is 0 Å². The Morgan fingerprint density at radius 1 is 1.31 bits per heavy atom. The van der Waals surface area contributed by atoms with Gasteiger partial charge in [-0.1, -0.05) is 12.8 Å². The van der Waals surface area contributed by atoms with E-state index < -0.39 is 0 Å². The second-order valence-electron chi connectivity index (χ2n) is 4.23. The van der Waals surface area contributed by atoms with E-state index in [1.807, 2.05) is 4.90 Å². The van der Waals surface area contributed by atoms with Gasteiger partial charge in [-0.15, -0.1) is 0 Å². The summed E-state index contributed by atoms with van der Waals surface area (Å²) in [5, 5.41) is 4.02. The van der Waals surface area contributed by atoms with Gasteiger partial charge in [0, 0.05) is 19.3 Å². The Kier molecular flexibility index (Phi) is 3.44. The number of hydrogen-bond donors (Lipinski definition) is 1. The fourth-order valence-electron chi connectivity index (χ4n) is 2.02. The van der Waals surface area contributed by atoms with Crippen molar-refractivity contribution in [3.8, 4) is 0 Å². The summed E-state index contributed by atoms with van der Waals surface area (Å²) >= 11 is 0. The Bertz CT molecular complexity index is 353. The summed E-state index contributed by atoms with van der Waals surface area (Å²) in [6.45, 7) is 2.07. The van der Waals surface area contributed by atoms with Crippen molar-refractivity contribution in [1.82, 2.24) is 14.7 Å². The molecule has 1 aromatic rings. The fourth-order valence-corrected chi connectivity index (χ4v) is 2.02. The Morgan fingerprint density at radius 2 is 2.00 bits per heavy atom. The van der Waals surface area contributed by atoms with Crippen LogP contribution in [-0.2, 0) is 11.3 Å². The number of rotatable bonds is 2. The first-order chi connectivity index (χ1) is 7.75. The summed E-state index contributed by atoms with van der Waals surface area (Å²) in [4.78, 5) is 13.9. The number of nitrogen functional groups attached to an aromatic ring is 1. The van der Waals surface area contributed by atoms with E-state index in [2.05, 4.69) is 5.10 Å². The van der Waals surface area contributed by atoms with Gasteiger partial charge in [0.25, 0.3) is 0 Å². The van der Waals surface area contributed by atoms with Crippen LogP contribution in [-0.4, -0.2) is 33.7 Å².